The maximum atomic E-state index is 3.92. The van der Waals surface area contributed by atoms with Gasteiger partial charge in [-0.2, -0.15) is 0 Å². The van der Waals surface area contributed by atoms with E-state index < -0.39 is 0 Å². The molecule has 0 aliphatic heterocycles. The Morgan fingerprint density at radius 3 is 2.84 bits per heavy atom. The Hall–Kier alpha value is -1.22. The van der Waals surface area contributed by atoms with Gasteiger partial charge in [0, 0.05) is 12.3 Å². The number of hydrogen-bond donors (Lipinski definition) is 0. The van der Waals surface area contributed by atoms with Crippen molar-refractivity contribution in [3.8, 4) is 11.8 Å². The van der Waals surface area contributed by atoms with Crippen LogP contribution in [0, 0.1) is 29.6 Å². The second-order valence-electron chi connectivity index (χ2n) is 5.90. The minimum atomic E-state index is 0.373. The molecule has 104 valence electrons. The highest BCUT2D eigenvalue weighted by Gasteiger charge is 2.25. The minimum Gasteiger partial charge on any atom is -0.0992 e. The third-order valence-corrected chi connectivity index (χ3v) is 3.69. The van der Waals surface area contributed by atoms with Crippen LogP contribution in [-0.2, 0) is 0 Å². The molecule has 0 aromatic rings. The zero-order valence-electron chi connectivity index (χ0n) is 13.0. The van der Waals surface area contributed by atoms with Crippen LogP contribution in [-0.4, -0.2) is 0 Å². The summed E-state index contributed by atoms with van der Waals surface area (Å²) < 4.78 is 0. The van der Waals surface area contributed by atoms with Crippen LogP contribution in [0.25, 0.3) is 0 Å². The molecule has 0 heteroatoms. The molecular weight excluding hydrogens is 228 g/mol. The molecule has 0 spiro atoms. The van der Waals surface area contributed by atoms with E-state index >= 15 is 0 Å². The predicted octanol–water partition coefficient (Wildman–Crippen LogP) is 5.53. The molecule has 2 unspecified atom stereocenters. The summed E-state index contributed by atoms with van der Waals surface area (Å²) in [7, 11) is 0. The average Bonchev–Trinajstić information content (AvgIpc) is 2.37. The summed E-state index contributed by atoms with van der Waals surface area (Å²) in [6.07, 6.45) is 11.5. The van der Waals surface area contributed by atoms with Gasteiger partial charge in [-0.15, -0.1) is 0 Å². The van der Waals surface area contributed by atoms with Gasteiger partial charge in [-0.1, -0.05) is 61.6 Å². The Morgan fingerprint density at radius 1 is 1.53 bits per heavy atom. The lowest BCUT2D eigenvalue weighted by molar-refractivity contribution is 0.421. The standard InChI is InChI=1S/C19H28/c1-6-10-17(12-9-11-15(2)3)19-14-8-7-13-18(19)16(4)5/h6,10,13,16-17,19H,2,7-8,11,14H2,1,3-5H3/b10-6-. The van der Waals surface area contributed by atoms with E-state index in [2.05, 4.69) is 57.4 Å². The monoisotopic (exact) mass is 256 g/mol. The Balaban J connectivity index is 2.90. The van der Waals surface area contributed by atoms with Crippen LogP contribution < -0.4 is 0 Å². The van der Waals surface area contributed by atoms with E-state index in [1.165, 1.54) is 19.3 Å². The van der Waals surface area contributed by atoms with Gasteiger partial charge in [-0.3, -0.25) is 0 Å². The smallest absolute Gasteiger partial charge is 0.0448 e. The fourth-order valence-corrected chi connectivity index (χ4v) is 2.79. The molecule has 0 aromatic carbocycles. The number of rotatable bonds is 4. The quantitative estimate of drug-likeness (QED) is 0.458. The van der Waals surface area contributed by atoms with E-state index in [0.29, 0.717) is 17.8 Å². The van der Waals surface area contributed by atoms with Crippen LogP contribution in [0.4, 0.5) is 0 Å². The molecule has 1 rings (SSSR count). The lowest BCUT2D eigenvalue weighted by atomic mass is 9.74. The van der Waals surface area contributed by atoms with Crippen LogP contribution in [0.1, 0.15) is 53.4 Å². The lowest BCUT2D eigenvalue weighted by Crippen LogP contribution is -2.20. The van der Waals surface area contributed by atoms with Crippen molar-refractivity contribution in [2.45, 2.75) is 53.4 Å². The van der Waals surface area contributed by atoms with Crippen molar-refractivity contribution in [2.75, 3.05) is 0 Å². The van der Waals surface area contributed by atoms with Crippen LogP contribution in [0.15, 0.2) is 36.0 Å². The largest absolute Gasteiger partial charge is 0.0992 e. The highest BCUT2D eigenvalue weighted by atomic mass is 14.3. The summed E-state index contributed by atoms with van der Waals surface area (Å²) in [4.78, 5) is 0. The van der Waals surface area contributed by atoms with Gasteiger partial charge in [0.15, 0.2) is 0 Å². The normalized spacial score (nSPS) is 20.9. The second kappa shape index (κ2) is 8.05. The first-order valence-corrected chi connectivity index (χ1v) is 7.51. The first kappa shape index (κ1) is 15.8. The molecule has 0 nitrogen and oxygen atoms in total. The maximum Gasteiger partial charge on any atom is 0.0448 e. The summed E-state index contributed by atoms with van der Waals surface area (Å²) in [5.74, 6) is 8.39. The van der Waals surface area contributed by atoms with E-state index in [9.17, 15) is 0 Å². The third-order valence-electron chi connectivity index (χ3n) is 3.69. The molecule has 0 fully saturated rings. The fourth-order valence-electron chi connectivity index (χ4n) is 2.79. The zero-order chi connectivity index (χ0) is 14.3. The van der Waals surface area contributed by atoms with Crippen LogP contribution in [0.3, 0.4) is 0 Å². The van der Waals surface area contributed by atoms with Crippen molar-refractivity contribution in [1.82, 2.24) is 0 Å². The zero-order valence-corrected chi connectivity index (χ0v) is 13.0. The molecule has 19 heavy (non-hydrogen) atoms. The summed E-state index contributed by atoms with van der Waals surface area (Å²) in [5, 5.41) is 0. The van der Waals surface area contributed by atoms with Gasteiger partial charge < -0.3 is 0 Å². The Morgan fingerprint density at radius 2 is 2.26 bits per heavy atom. The van der Waals surface area contributed by atoms with Gasteiger partial charge in [0.25, 0.3) is 0 Å². The van der Waals surface area contributed by atoms with E-state index in [4.69, 9.17) is 0 Å². The van der Waals surface area contributed by atoms with E-state index in [1.807, 2.05) is 6.92 Å². The minimum absolute atomic E-state index is 0.373. The van der Waals surface area contributed by atoms with Gasteiger partial charge in [0.05, 0.1) is 0 Å². The molecule has 1 aliphatic rings. The molecule has 0 saturated carbocycles. The first-order valence-electron chi connectivity index (χ1n) is 7.51. The van der Waals surface area contributed by atoms with Gasteiger partial charge in [-0.05, 0) is 44.9 Å². The molecule has 0 N–H and O–H groups in total. The van der Waals surface area contributed by atoms with E-state index in [1.54, 1.807) is 5.57 Å². The number of hydrogen-bond acceptors (Lipinski definition) is 0. The molecular formula is C19H28. The summed E-state index contributed by atoms with van der Waals surface area (Å²) in [5.41, 5.74) is 2.76. The van der Waals surface area contributed by atoms with Crippen LogP contribution in [0.2, 0.25) is 0 Å². The summed E-state index contributed by atoms with van der Waals surface area (Å²) in [6.45, 7) is 12.7. The molecule has 2 atom stereocenters. The molecule has 0 aromatic heterocycles. The van der Waals surface area contributed by atoms with Crippen molar-refractivity contribution >= 4 is 0 Å². The highest BCUT2D eigenvalue weighted by Crippen LogP contribution is 2.35. The van der Waals surface area contributed by atoms with E-state index in [0.717, 1.165) is 12.0 Å². The molecule has 0 bridgehead atoms. The topological polar surface area (TPSA) is 0 Å². The molecule has 0 radical (unpaired) electrons. The van der Waals surface area contributed by atoms with Crippen molar-refractivity contribution in [3.05, 3.63) is 36.0 Å². The lowest BCUT2D eigenvalue weighted by Gasteiger charge is -2.30. The average molecular weight is 256 g/mol. The van der Waals surface area contributed by atoms with E-state index in [-0.39, 0.29) is 0 Å². The second-order valence-corrected chi connectivity index (χ2v) is 5.90. The van der Waals surface area contributed by atoms with Gasteiger partial charge in [0.1, 0.15) is 0 Å². The molecule has 0 amide bonds. The predicted molar refractivity (Wildman–Crippen MR) is 85.8 cm³/mol. The SMILES string of the molecule is C=C(C)CC#CC(/C=C\C)C1CCCC=C1C(C)C. The third kappa shape index (κ3) is 5.11. The molecule has 0 saturated heterocycles. The number of allylic oxidation sites excluding steroid dienone is 5. The maximum absolute atomic E-state index is 3.92. The first-order chi connectivity index (χ1) is 9.06. The van der Waals surface area contributed by atoms with Crippen LogP contribution in [0.5, 0.6) is 0 Å². The van der Waals surface area contributed by atoms with Crippen molar-refractivity contribution in [2.24, 2.45) is 17.8 Å². The van der Waals surface area contributed by atoms with Gasteiger partial charge >= 0.3 is 0 Å². The van der Waals surface area contributed by atoms with Gasteiger partial charge in [0.2, 0.25) is 0 Å². The Bertz CT molecular complexity index is 409. The van der Waals surface area contributed by atoms with Gasteiger partial charge in [-0.25, -0.2) is 0 Å². The highest BCUT2D eigenvalue weighted by molar-refractivity contribution is 5.24. The van der Waals surface area contributed by atoms with Crippen molar-refractivity contribution in [3.63, 3.8) is 0 Å². The summed E-state index contributed by atoms with van der Waals surface area (Å²) >= 11 is 0. The summed E-state index contributed by atoms with van der Waals surface area (Å²) in [6, 6.07) is 0. The molecule has 0 heterocycles. The van der Waals surface area contributed by atoms with Crippen molar-refractivity contribution < 1.29 is 0 Å². The Labute approximate surface area is 119 Å². The van der Waals surface area contributed by atoms with Crippen LogP contribution >= 0.6 is 0 Å². The van der Waals surface area contributed by atoms with Crippen molar-refractivity contribution in [1.29, 1.82) is 0 Å². The molecule has 1 aliphatic carbocycles. The fraction of sp³-hybridized carbons (Fsp3) is 0.579. The Kier molecular flexibility index (Phi) is 6.71.